The molecular formula is C22H23BrN4O4. The molecule has 0 N–H and O–H groups in total. The molecule has 162 valence electrons. The van der Waals surface area contributed by atoms with Crippen LogP contribution in [0.25, 0.3) is 10.9 Å². The number of carbonyl (C=O) groups is 1. The van der Waals surface area contributed by atoms with Crippen LogP contribution in [0.3, 0.4) is 0 Å². The summed E-state index contributed by atoms with van der Waals surface area (Å²) >= 11 is 3.38. The molecule has 8 nitrogen and oxygen atoms in total. The molecule has 9 heteroatoms. The molecule has 0 aliphatic heterocycles. The summed E-state index contributed by atoms with van der Waals surface area (Å²) in [5, 5.41) is 4.80. The van der Waals surface area contributed by atoms with E-state index >= 15 is 0 Å². The number of benzene rings is 2. The fourth-order valence-corrected chi connectivity index (χ4v) is 3.25. The van der Waals surface area contributed by atoms with Gasteiger partial charge in [0.15, 0.2) is 6.61 Å². The number of fused-ring (bicyclic) bond motifs is 1. The summed E-state index contributed by atoms with van der Waals surface area (Å²) in [6.45, 7) is 3.50. The van der Waals surface area contributed by atoms with E-state index in [-0.39, 0.29) is 18.8 Å². The van der Waals surface area contributed by atoms with Crippen LogP contribution >= 0.6 is 15.9 Å². The van der Waals surface area contributed by atoms with Crippen LogP contribution in [-0.2, 0) is 9.53 Å². The van der Waals surface area contributed by atoms with Crippen LogP contribution in [-0.4, -0.2) is 49.2 Å². The van der Waals surface area contributed by atoms with Crippen LogP contribution in [0.1, 0.15) is 18.3 Å². The van der Waals surface area contributed by atoms with Crippen molar-refractivity contribution in [2.24, 2.45) is 5.10 Å². The molecule has 2 aromatic carbocycles. The Labute approximate surface area is 188 Å². The molecule has 0 aliphatic rings. The van der Waals surface area contributed by atoms with Gasteiger partial charge in [-0.1, -0.05) is 15.9 Å². The van der Waals surface area contributed by atoms with E-state index in [0.717, 1.165) is 10.2 Å². The van der Waals surface area contributed by atoms with Crippen molar-refractivity contribution >= 4 is 44.7 Å². The van der Waals surface area contributed by atoms with E-state index in [0.29, 0.717) is 28.0 Å². The zero-order valence-electron chi connectivity index (χ0n) is 17.8. The Bertz CT molecular complexity index is 1200. The SMILES string of the molecule is CCOC(=O)COc1cc(N(C)C)ccc1C=Nn1c(C)nc2ccc(Br)cc2c1=O. The Kier molecular flexibility index (Phi) is 7.06. The van der Waals surface area contributed by atoms with Gasteiger partial charge in [0.2, 0.25) is 0 Å². The average molecular weight is 487 g/mol. The third-order valence-electron chi connectivity index (χ3n) is 4.45. The summed E-state index contributed by atoms with van der Waals surface area (Å²) in [7, 11) is 3.81. The van der Waals surface area contributed by atoms with Crippen molar-refractivity contribution in [1.82, 2.24) is 9.66 Å². The molecule has 0 saturated heterocycles. The fraction of sp³-hybridized carbons (Fsp3) is 0.273. The number of rotatable bonds is 7. The van der Waals surface area contributed by atoms with Gasteiger partial charge < -0.3 is 14.4 Å². The van der Waals surface area contributed by atoms with E-state index in [1.165, 1.54) is 10.9 Å². The lowest BCUT2D eigenvalue weighted by Gasteiger charge is -2.16. The van der Waals surface area contributed by atoms with Crippen LogP contribution in [0.4, 0.5) is 5.69 Å². The zero-order chi connectivity index (χ0) is 22.5. The highest BCUT2D eigenvalue weighted by Gasteiger charge is 2.11. The zero-order valence-corrected chi connectivity index (χ0v) is 19.3. The number of hydrogen-bond acceptors (Lipinski definition) is 7. The molecule has 0 unspecified atom stereocenters. The van der Waals surface area contributed by atoms with Crippen molar-refractivity contribution in [1.29, 1.82) is 0 Å². The molecule has 3 rings (SSSR count). The molecule has 0 aliphatic carbocycles. The van der Waals surface area contributed by atoms with E-state index in [1.807, 2.05) is 37.2 Å². The van der Waals surface area contributed by atoms with E-state index in [2.05, 4.69) is 26.0 Å². The van der Waals surface area contributed by atoms with Crippen molar-refractivity contribution in [3.8, 4) is 5.75 Å². The number of hydrogen-bond donors (Lipinski definition) is 0. The molecule has 0 fully saturated rings. The first-order chi connectivity index (χ1) is 14.8. The van der Waals surface area contributed by atoms with Gasteiger partial charge in [0, 0.05) is 35.9 Å². The third-order valence-corrected chi connectivity index (χ3v) is 4.94. The van der Waals surface area contributed by atoms with E-state index in [4.69, 9.17) is 9.47 Å². The molecule has 31 heavy (non-hydrogen) atoms. The average Bonchev–Trinajstić information content (AvgIpc) is 2.73. The molecule has 0 bridgehead atoms. The summed E-state index contributed by atoms with van der Waals surface area (Å²) < 4.78 is 12.6. The molecule has 0 spiro atoms. The lowest BCUT2D eigenvalue weighted by atomic mass is 10.2. The minimum Gasteiger partial charge on any atom is -0.481 e. The monoisotopic (exact) mass is 486 g/mol. The largest absolute Gasteiger partial charge is 0.481 e. The number of esters is 1. The first-order valence-corrected chi connectivity index (χ1v) is 10.4. The predicted molar refractivity (Wildman–Crippen MR) is 124 cm³/mol. The van der Waals surface area contributed by atoms with Gasteiger partial charge in [-0.3, -0.25) is 4.79 Å². The molecule has 3 aromatic rings. The Hall–Kier alpha value is -3.20. The number of aryl methyl sites for hydroxylation is 1. The van der Waals surface area contributed by atoms with E-state index in [1.54, 1.807) is 32.0 Å². The summed E-state index contributed by atoms with van der Waals surface area (Å²) in [4.78, 5) is 31.0. The number of aromatic nitrogens is 2. The molecule has 0 saturated carbocycles. The van der Waals surface area contributed by atoms with Gasteiger partial charge in [-0.2, -0.15) is 9.78 Å². The Morgan fingerprint density at radius 1 is 1.26 bits per heavy atom. The number of nitrogens with zero attached hydrogens (tertiary/aromatic N) is 4. The summed E-state index contributed by atoms with van der Waals surface area (Å²) in [6.07, 6.45) is 1.51. The Morgan fingerprint density at radius 3 is 2.74 bits per heavy atom. The highest BCUT2D eigenvalue weighted by Crippen LogP contribution is 2.24. The second kappa shape index (κ2) is 9.74. The minimum atomic E-state index is -0.461. The molecule has 1 heterocycles. The van der Waals surface area contributed by atoms with E-state index < -0.39 is 5.97 Å². The van der Waals surface area contributed by atoms with Crippen LogP contribution in [0.2, 0.25) is 0 Å². The summed E-state index contributed by atoms with van der Waals surface area (Å²) in [5.74, 6) is 0.442. The predicted octanol–water partition coefficient (Wildman–Crippen LogP) is 3.36. The standard InChI is InChI=1S/C22H23BrN4O4/c1-5-30-21(28)13-31-20-11-17(26(3)4)8-6-15(20)12-24-27-14(2)25-19-9-7-16(23)10-18(19)22(27)29/h6-12H,5,13H2,1-4H3. The van der Waals surface area contributed by atoms with Crippen molar-refractivity contribution in [2.75, 3.05) is 32.2 Å². The van der Waals surface area contributed by atoms with Crippen LogP contribution < -0.4 is 15.2 Å². The summed E-state index contributed by atoms with van der Waals surface area (Å²) in [6, 6.07) is 10.8. The minimum absolute atomic E-state index is 0.226. The first kappa shape index (κ1) is 22.5. The molecule has 0 atom stereocenters. The lowest BCUT2D eigenvalue weighted by molar-refractivity contribution is -0.145. The second-order valence-corrected chi connectivity index (χ2v) is 7.81. The topological polar surface area (TPSA) is 86.0 Å². The first-order valence-electron chi connectivity index (χ1n) is 9.63. The smallest absolute Gasteiger partial charge is 0.344 e. The molecule has 0 amide bonds. The number of ether oxygens (including phenoxy) is 2. The van der Waals surface area contributed by atoms with Crippen molar-refractivity contribution in [3.05, 3.63) is 62.6 Å². The van der Waals surface area contributed by atoms with Crippen molar-refractivity contribution in [3.63, 3.8) is 0 Å². The highest BCUT2D eigenvalue weighted by atomic mass is 79.9. The van der Waals surface area contributed by atoms with E-state index in [9.17, 15) is 9.59 Å². The van der Waals surface area contributed by atoms with Gasteiger partial charge in [-0.25, -0.2) is 9.78 Å². The maximum atomic E-state index is 12.9. The van der Waals surface area contributed by atoms with Crippen LogP contribution in [0.15, 0.2) is 50.8 Å². The highest BCUT2D eigenvalue weighted by molar-refractivity contribution is 9.10. The van der Waals surface area contributed by atoms with Crippen LogP contribution in [0, 0.1) is 6.92 Å². The lowest BCUT2D eigenvalue weighted by Crippen LogP contribution is -2.21. The Morgan fingerprint density at radius 2 is 2.03 bits per heavy atom. The quantitative estimate of drug-likeness (QED) is 0.376. The van der Waals surface area contributed by atoms with Crippen LogP contribution in [0.5, 0.6) is 5.75 Å². The van der Waals surface area contributed by atoms with Gasteiger partial charge in [0.25, 0.3) is 5.56 Å². The number of carbonyl (C=O) groups excluding carboxylic acids is 1. The number of anilines is 1. The molecule has 1 aromatic heterocycles. The third kappa shape index (κ3) is 5.29. The maximum absolute atomic E-state index is 12.9. The van der Waals surface area contributed by atoms with Gasteiger partial charge in [0.1, 0.15) is 11.6 Å². The van der Waals surface area contributed by atoms with Gasteiger partial charge in [-0.05, 0) is 44.2 Å². The second-order valence-electron chi connectivity index (χ2n) is 6.89. The Balaban J connectivity index is 1.99. The van der Waals surface area contributed by atoms with Crippen molar-refractivity contribution in [2.45, 2.75) is 13.8 Å². The molecule has 0 radical (unpaired) electrons. The molecular weight excluding hydrogens is 464 g/mol. The maximum Gasteiger partial charge on any atom is 0.344 e. The normalized spacial score (nSPS) is 11.1. The van der Waals surface area contributed by atoms with Gasteiger partial charge in [0.05, 0.1) is 23.7 Å². The van der Waals surface area contributed by atoms with Gasteiger partial charge in [-0.15, -0.1) is 0 Å². The summed E-state index contributed by atoms with van der Waals surface area (Å²) in [5.41, 5.74) is 1.82. The van der Waals surface area contributed by atoms with Gasteiger partial charge >= 0.3 is 5.97 Å². The number of halogens is 1. The van der Waals surface area contributed by atoms with Crippen molar-refractivity contribution < 1.29 is 14.3 Å². The fourth-order valence-electron chi connectivity index (χ4n) is 2.89.